The Bertz CT molecular complexity index is 986. The largest absolute Gasteiger partial charge is 0.361 e. The maximum atomic E-state index is 12.2. The van der Waals surface area contributed by atoms with Crippen molar-refractivity contribution in [1.29, 1.82) is 0 Å². The Morgan fingerprint density at radius 1 is 1.04 bits per heavy atom. The van der Waals surface area contributed by atoms with Gasteiger partial charge in [0.05, 0.1) is 9.85 Å². The van der Waals surface area contributed by atoms with Gasteiger partial charge in [0.1, 0.15) is 5.69 Å². The fourth-order valence-corrected chi connectivity index (χ4v) is 3.44. The van der Waals surface area contributed by atoms with Crippen LogP contribution in [0.2, 0.25) is 0 Å². The first-order valence-corrected chi connectivity index (χ1v) is 9.03. The van der Waals surface area contributed by atoms with Crippen molar-refractivity contribution < 1.29 is 14.6 Å². The monoisotopic (exact) mass is 382 g/mol. The summed E-state index contributed by atoms with van der Waals surface area (Å²) in [6.45, 7) is 0.894. The first kappa shape index (κ1) is 17.9. The lowest BCUT2D eigenvalue weighted by molar-refractivity contribution is -0.384. The lowest BCUT2D eigenvalue weighted by atomic mass is 9.98. The molecule has 0 unspecified atom stereocenters. The summed E-state index contributed by atoms with van der Waals surface area (Å²) in [5, 5.41) is 25.5. The molecule has 1 aliphatic carbocycles. The van der Waals surface area contributed by atoms with Gasteiger partial charge in [-0.25, -0.2) is 0 Å². The number of nitrogens with one attached hydrogen (secondary N) is 1. The van der Waals surface area contributed by atoms with E-state index in [-0.39, 0.29) is 28.9 Å². The van der Waals surface area contributed by atoms with Crippen molar-refractivity contribution in [2.75, 3.05) is 11.4 Å². The molecule has 1 heterocycles. The zero-order valence-electron chi connectivity index (χ0n) is 15.0. The molecular weight excluding hydrogens is 364 g/mol. The van der Waals surface area contributed by atoms with E-state index in [1.54, 1.807) is 18.2 Å². The van der Waals surface area contributed by atoms with Crippen LogP contribution >= 0.6 is 0 Å². The molecule has 1 N–H and O–H groups in total. The maximum Gasteiger partial charge on any atom is 0.293 e. The van der Waals surface area contributed by atoms with Gasteiger partial charge in [0.15, 0.2) is 0 Å². The number of benzene rings is 2. The van der Waals surface area contributed by atoms with Gasteiger partial charge < -0.3 is 10.2 Å². The Morgan fingerprint density at radius 2 is 1.82 bits per heavy atom. The lowest BCUT2D eigenvalue weighted by Crippen LogP contribution is -2.31. The van der Waals surface area contributed by atoms with Crippen molar-refractivity contribution in [1.82, 2.24) is 5.32 Å². The molecule has 0 aromatic heterocycles. The van der Waals surface area contributed by atoms with E-state index in [0.29, 0.717) is 25.2 Å². The SMILES string of the molecule is O=C(NC1CC1)c1ccc(N2CCc3ccc([N+](=O)[O-])cc3C2)c([N+](=O)[O-])c1. The van der Waals surface area contributed by atoms with Crippen LogP contribution in [0.4, 0.5) is 17.1 Å². The standard InChI is InChI=1S/C19H18N4O5/c24-19(20-15-3-4-15)13-2-6-17(18(10-13)23(27)28)21-8-7-12-1-5-16(22(25)26)9-14(12)11-21/h1-2,5-6,9-10,15H,3-4,7-8,11H2,(H,20,24). The Hall–Kier alpha value is -3.49. The lowest BCUT2D eigenvalue weighted by Gasteiger charge is -2.30. The number of nitrogens with zero attached hydrogens (tertiary/aromatic N) is 3. The second-order valence-electron chi connectivity index (χ2n) is 7.09. The maximum absolute atomic E-state index is 12.2. The summed E-state index contributed by atoms with van der Waals surface area (Å²) in [4.78, 5) is 35.7. The van der Waals surface area contributed by atoms with Crippen LogP contribution in [0.15, 0.2) is 36.4 Å². The third kappa shape index (κ3) is 3.51. The van der Waals surface area contributed by atoms with Gasteiger partial charge in [-0.1, -0.05) is 6.07 Å². The highest BCUT2D eigenvalue weighted by Crippen LogP contribution is 2.34. The molecule has 144 valence electrons. The van der Waals surface area contributed by atoms with Crippen molar-refractivity contribution in [3.63, 3.8) is 0 Å². The molecule has 0 spiro atoms. The van der Waals surface area contributed by atoms with E-state index in [0.717, 1.165) is 24.0 Å². The van der Waals surface area contributed by atoms with Crippen molar-refractivity contribution >= 4 is 23.0 Å². The van der Waals surface area contributed by atoms with Gasteiger partial charge in [-0.05, 0) is 42.5 Å². The molecule has 9 nitrogen and oxygen atoms in total. The number of fused-ring (bicyclic) bond motifs is 1. The fraction of sp³-hybridized carbons (Fsp3) is 0.316. The molecule has 1 saturated carbocycles. The Kier molecular flexibility index (Phi) is 4.42. The number of amides is 1. The van der Waals surface area contributed by atoms with Gasteiger partial charge in [-0.15, -0.1) is 0 Å². The third-order valence-corrected chi connectivity index (χ3v) is 5.10. The van der Waals surface area contributed by atoms with Crippen molar-refractivity contribution in [3.8, 4) is 0 Å². The smallest absolute Gasteiger partial charge is 0.293 e. The molecule has 1 aliphatic heterocycles. The van der Waals surface area contributed by atoms with Crippen molar-refractivity contribution in [2.45, 2.75) is 31.8 Å². The third-order valence-electron chi connectivity index (χ3n) is 5.10. The Morgan fingerprint density at radius 3 is 2.50 bits per heavy atom. The number of nitro benzene ring substituents is 2. The van der Waals surface area contributed by atoms with Crippen LogP contribution in [0.3, 0.4) is 0 Å². The molecule has 1 amide bonds. The van der Waals surface area contributed by atoms with E-state index in [2.05, 4.69) is 5.32 Å². The predicted octanol–water partition coefficient (Wildman–Crippen LogP) is 2.96. The fourth-order valence-electron chi connectivity index (χ4n) is 3.44. The molecule has 2 aliphatic rings. The Labute approximate surface area is 160 Å². The van der Waals surface area contributed by atoms with Crippen molar-refractivity contribution in [3.05, 3.63) is 73.3 Å². The van der Waals surface area contributed by atoms with Crippen LogP contribution in [0.25, 0.3) is 0 Å². The number of carbonyl (C=O) groups excluding carboxylic acids is 1. The first-order chi connectivity index (χ1) is 13.4. The Balaban J connectivity index is 1.63. The van der Waals surface area contributed by atoms with Gasteiger partial charge >= 0.3 is 0 Å². The molecule has 0 atom stereocenters. The molecule has 0 radical (unpaired) electrons. The van der Waals surface area contributed by atoms with Crippen LogP contribution in [0.5, 0.6) is 0 Å². The zero-order valence-corrected chi connectivity index (χ0v) is 15.0. The molecule has 4 rings (SSSR count). The van der Waals surface area contributed by atoms with Crippen LogP contribution in [0, 0.1) is 20.2 Å². The summed E-state index contributed by atoms with van der Waals surface area (Å²) in [6.07, 6.45) is 2.50. The molecule has 2 aromatic rings. The summed E-state index contributed by atoms with van der Waals surface area (Å²) in [7, 11) is 0. The van der Waals surface area contributed by atoms with Crippen LogP contribution < -0.4 is 10.2 Å². The van der Waals surface area contributed by atoms with Gasteiger partial charge in [0, 0.05) is 42.9 Å². The second kappa shape index (κ2) is 6.91. The molecule has 0 bridgehead atoms. The summed E-state index contributed by atoms with van der Waals surface area (Å²) < 4.78 is 0. The molecular formula is C19H18N4O5. The number of anilines is 1. The normalized spacial score (nSPS) is 15.6. The van der Waals surface area contributed by atoms with E-state index >= 15 is 0 Å². The van der Waals surface area contributed by atoms with E-state index in [1.807, 2.05) is 4.90 Å². The van der Waals surface area contributed by atoms with E-state index in [9.17, 15) is 25.0 Å². The minimum absolute atomic E-state index is 0.00203. The van der Waals surface area contributed by atoms with Gasteiger partial charge in [0.25, 0.3) is 17.3 Å². The summed E-state index contributed by atoms with van der Waals surface area (Å²) >= 11 is 0. The zero-order chi connectivity index (χ0) is 19.8. The minimum Gasteiger partial charge on any atom is -0.361 e. The highest BCUT2D eigenvalue weighted by molar-refractivity contribution is 5.96. The van der Waals surface area contributed by atoms with Crippen molar-refractivity contribution in [2.24, 2.45) is 0 Å². The second-order valence-corrected chi connectivity index (χ2v) is 7.09. The first-order valence-electron chi connectivity index (χ1n) is 9.03. The van der Waals surface area contributed by atoms with Gasteiger partial charge in [-0.2, -0.15) is 0 Å². The van der Waals surface area contributed by atoms with Crippen LogP contribution in [-0.2, 0) is 13.0 Å². The molecule has 2 aromatic carbocycles. The van der Waals surface area contributed by atoms with Crippen LogP contribution in [-0.4, -0.2) is 28.3 Å². The molecule has 9 heteroatoms. The number of rotatable bonds is 5. The highest BCUT2D eigenvalue weighted by Gasteiger charge is 2.28. The van der Waals surface area contributed by atoms with E-state index in [1.165, 1.54) is 18.2 Å². The summed E-state index contributed by atoms with van der Waals surface area (Å²) in [6, 6.07) is 9.38. The van der Waals surface area contributed by atoms with Gasteiger partial charge in [-0.3, -0.25) is 25.0 Å². The number of hydrogen-bond donors (Lipinski definition) is 1. The molecule has 28 heavy (non-hydrogen) atoms. The summed E-state index contributed by atoms with van der Waals surface area (Å²) in [5.74, 6) is -0.309. The minimum atomic E-state index is -0.494. The number of non-ortho nitro benzene ring substituents is 1. The quantitative estimate of drug-likeness (QED) is 0.627. The predicted molar refractivity (Wildman–Crippen MR) is 101 cm³/mol. The van der Waals surface area contributed by atoms with E-state index in [4.69, 9.17) is 0 Å². The van der Waals surface area contributed by atoms with Gasteiger partial charge in [0.2, 0.25) is 0 Å². The average molecular weight is 382 g/mol. The molecule has 1 fully saturated rings. The average Bonchev–Trinajstić information content (AvgIpc) is 3.50. The summed E-state index contributed by atoms with van der Waals surface area (Å²) in [5.41, 5.74) is 2.32. The number of hydrogen-bond acceptors (Lipinski definition) is 6. The van der Waals surface area contributed by atoms with Crippen LogP contribution in [0.1, 0.15) is 34.3 Å². The molecule has 0 saturated heterocycles. The number of carbonyl (C=O) groups is 1. The van der Waals surface area contributed by atoms with E-state index < -0.39 is 9.85 Å². The number of nitro groups is 2. The highest BCUT2D eigenvalue weighted by atomic mass is 16.6. The topological polar surface area (TPSA) is 119 Å².